The van der Waals surface area contributed by atoms with Crippen LogP contribution in [0.4, 0.5) is 10.5 Å². The molecule has 28 heavy (non-hydrogen) atoms. The predicted molar refractivity (Wildman–Crippen MR) is 109 cm³/mol. The lowest BCUT2D eigenvalue weighted by Crippen LogP contribution is -2.46. The minimum absolute atomic E-state index is 0.324. The summed E-state index contributed by atoms with van der Waals surface area (Å²) in [5, 5.41) is 8.33. The number of nitrogens with one attached hydrogen (secondary N) is 3. The Labute approximate surface area is 171 Å². The van der Waals surface area contributed by atoms with Gasteiger partial charge in [-0.3, -0.25) is 4.79 Å². The van der Waals surface area contributed by atoms with Crippen LogP contribution in [0.25, 0.3) is 0 Å². The Morgan fingerprint density at radius 2 is 1.82 bits per heavy atom. The Kier molecular flexibility index (Phi) is 5.89. The molecule has 2 aromatic carbocycles. The van der Waals surface area contributed by atoms with Gasteiger partial charge in [0.1, 0.15) is 11.5 Å². The largest absolute Gasteiger partial charge is 0.497 e. The topological polar surface area (TPSA) is 88.7 Å². The second-order valence-corrected chi connectivity index (χ2v) is 7.05. The highest BCUT2D eigenvalue weighted by Gasteiger charge is 2.33. The molecule has 0 bridgehead atoms. The van der Waals surface area contributed by atoms with Crippen molar-refractivity contribution in [1.82, 2.24) is 10.6 Å². The number of hydrogen-bond acceptors (Lipinski definition) is 4. The second-order valence-electron chi connectivity index (χ2n) is 6.14. The van der Waals surface area contributed by atoms with Crippen LogP contribution < -0.4 is 25.4 Å². The number of benzene rings is 2. The zero-order valence-corrected chi connectivity index (χ0v) is 17.2. The van der Waals surface area contributed by atoms with Gasteiger partial charge in [-0.25, -0.2) is 4.79 Å². The molecule has 146 valence electrons. The van der Waals surface area contributed by atoms with Crippen LogP contribution in [0.2, 0.25) is 0 Å². The number of allylic oxidation sites excluding steroid dienone is 1. The Morgan fingerprint density at radius 3 is 2.46 bits per heavy atom. The van der Waals surface area contributed by atoms with E-state index in [1.54, 1.807) is 44.4 Å². The van der Waals surface area contributed by atoms with Gasteiger partial charge in [0.25, 0.3) is 5.91 Å². The Balaban J connectivity index is 1.99. The summed E-state index contributed by atoms with van der Waals surface area (Å²) in [6, 6.07) is 11.4. The second kappa shape index (κ2) is 8.35. The number of amides is 3. The Morgan fingerprint density at radius 1 is 1.11 bits per heavy atom. The zero-order valence-electron chi connectivity index (χ0n) is 15.6. The van der Waals surface area contributed by atoms with E-state index < -0.39 is 6.04 Å². The lowest BCUT2D eigenvalue weighted by atomic mass is 9.94. The highest BCUT2D eigenvalue weighted by Crippen LogP contribution is 2.35. The predicted octanol–water partition coefficient (Wildman–Crippen LogP) is 3.73. The van der Waals surface area contributed by atoms with Crippen LogP contribution in [0.5, 0.6) is 11.5 Å². The molecule has 8 heteroatoms. The van der Waals surface area contributed by atoms with Crippen LogP contribution >= 0.6 is 15.9 Å². The van der Waals surface area contributed by atoms with Crippen molar-refractivity contribution in [1.29, 1.82) is 0 Å². The summed E-state index contributed by atoms with van der Waals surface area (Å²) in [5.74, 6) is 0.797. The van der Waals surface area contributed by atoms with E-state index in [1.807, 2.05) is 12.1 Å². The minimum atomic E-state index is -0.676. The summed E-state index contributed by atoms with van der Waals surface area (Å²) in [5.41, 5.74) is 2.16. The fourth-order valence-electron chi connectivity index (χ4n) is 3.02. The molecule has 0 fully saturated rings. The molecule has 0 radical (unpaired) electrons. The maximum atomic E-state index is 13.0. The van der Waals surface area contributed by atoms with Gasteiger partial charge in [0.2, 0.25) is 0 Å². The van der Waals surface area contributed by atoms with Crippen molar-refractivity contribution in [3.05, 3.63) is 63.8 Å². The van der Waals surface area contributed by atoms with E-state index in [0.717, 1.165) is 4.47 Å². The molecule has 3 N–H and O–H groups in total. The first-order valence-electron chi connectivity index (χ1n) is 8.50. The molecule has 3 amide bonds. The average Bonchev–Trinajstić information content (AvgIpc) is 2.68. The molecule has 0 saturated heterocycles. The number of halogens is 1. The normalized spacial score (nSPS) is 16.1. The van der Waals surface area contributed by atoms with Crippen LogP contribution in [0.15, 0.2) is 58.2 Å². The summed E-state index contributed by atoms with van der Waals surface area (Å²) < 4.78 is 11.6. The van der Waals surface area contributed by atoms with Gasteiger partial charge in [-0.15, -0.1) is 0 Å². The van der Waals surface area contributed by atoms with Crippen molar-refractivity contribution in [2.75, 3.05) is 19.5 Å². The molecule has 7 nitrogen and oxygen atoms in total. The third kappa shape index (κ3) is 4.12. The first kappa shape index (κ1) is 19.8. The highest BCUT2D eigenvalue weighted by atomic mass is 79.9. The molecule has 3 rings (SSSR count). The fourth-order valence-corrected chi connectivity index (χ4v) is 3.28. The molecule has 0 aromatic heterocycles. The van der Waals surface area contributed by atoms with E-state index in [-0.39, 0.29) is 11.9 Å². The number of methoxy groups -OCH3 is 2. The first-order chi connectivity index (χ1) is 13.4. The van der Waals surface area contributed by atoms with Crippen molar-refractivity contribution < 1.29 is 19.1 Å². The molecule has 1 aliphatic heterocycles. The molecular weight excluding hydrogens is 426 g/mol. The fraction of sp³-hybridized carbons (Fsp3) is 0.200. The maximum absolute atomic E-state index is 13.0. The van der Waals surface area contributed by atoms with E-state index >= 15 is 0 Å². The standard InChI is InChI=1S/C20H20BrN3O4/c1-11-17(19(25)23-13-6-4-12(21)5-7-13)18(24-20(26)22-11)15-9-8-14(27-2)10-16(15)28-3/h4-10,18H,1-3H3,(H,23,25)(H2,22,24,26)/t18-/m1/s1. The molecule has 0 aliphatic carbocycles. The van der Waals surface area contributed by atoms with E-state index in [0.29, 0.717) is 34.0 Å². The Bertz CT molecular complexity index is 941. The van der Waals surface area contributed by atoms with Gasteiger partial charge in [-0.1, -0.05) is 15.9 Å². The van der Waals surface area contributed by atoms with Gasteiger partial charge in [-0.05, 0) is 43.3 Å². The first-order valence-corrected chi connectivity index (χ1v) is 9.29. The van der Waals surface area contributed by atoms with E-state index in [9.17, 15) is 9.59 Å². The van der Waals surface area contributed by atoms with E-state index in [2.05, 4.69) is 31.9 Å². The molecular formula is C20H20BrN3O4. The third-order valence-electron chi connectivity index (χ3n) is 4.37. The summed E-state index contributed by atoms with van der Waals surface area (Å²) in [7, 11) is 3.08. The van der Waals surface area contributed by atoms with Crippen LogP contribution in [0, 0.1) is 0 Å². The summed E-state index contributed by atoms with van der Waals surface area (Å²) in [4.78, 5) is 25.1. The van der Waals surface area contributed by atoms with Crippen molar-refractivity contribution in [3.8, 4) is 11.5 Å². The summed E-state index contributed by atoms with van der Waals surface area (Å²) >= 11 is 3.37. The quantitative estimate of drug-likeness (QED) is 0.653. The average molecular weight is 446 g/mol. The molecule has 1 aliphatic rings. The van der Waals surface area contributed by atoms with Gasteiger partial charge >= 0.3 is 6.03 Å². The van der Waals surface area contributed by atoms with Crippen molar-refractivity contribution >= 4 is 33.6 Å². The van der Waals surface area contributed by atoms with Crippen LogP contribution in [-0.2, 0) is 4.79 Å². The molecule has 2 aromatic rings. The highest BCUT2D eigenvalue weighted by molar-refractivity contribution is 9.10. The summed E-state index contributed by atoms with van der Waals surface area (Å²) in [6.45, 7) is 1.69. The van der Waals surface area contributed by atoms with Crippen molar-refractivity contribution in [2.45, 2.75) is 13.0 Å². The molecule has 0 spiro atoms. The number of rotatable bonds is 5. The maximum Gasteiger partial charge on any atom is 0.319 e. The van der Waals surface area contributed by atoms with Gasteiger partial charge < -0.3 is 25.4 Å². The lowest BCUT2D eigenvalue weighted by molar-refractivity contribution is -0.113. The number of urea groups is 1. The van der Waals surface area contributed by atoms with Gasteiger partial charge in [0.05, 0.1) is 25.8 Å². The molecule has 1 atom stereocenters. The third-order valence-corrected chi connectivity index (χ3v) is 4.90. The Hall–Kier alpha value is -3.00. The SMILES string of the molecule is COc1ccc([C@H]2NC(=O)NC(C)=C2C(=O)Nc2ccc(Br)cc2)c(OC)c1. The summed E-state index contributed by atoms with van der Waals surface area (Å²) in [6.07, 6.45) is 0. The zero-order chi connectivity index (χ0) is 20.3. The molecule has 0 unspecified atom stereocenters. The van der Waals surface area contributed by atoms with E-state index in [1.165, 1.54) is 7.11 Å². The molecule has 1 heterocycles. The van der Waals surface area contributed by atoms with Gasteiger partial charge in [-0.2, -0.15) is 0 Å². The lowest BCUT2D eigenvalue weighted by Gasteiger charge is -2.29. The minimum Gasteiger partial charge on any atom is -0.497 e. The monoisotopic (exact) mass is 445 g/mol. The van der Waals surface area contributed by atoms with Crippen LogP contribution in [0.1, 0.15) is 18.5 Å². The van der Waals surface area contributed by atoms with Crippen LogP contribution in [-0.4, -0.2) is 26.2 Å². The number of anilines is 1. The van der Waals surface area contributed by atoms with Gasteiger partial charge in [0.15, 0.2) is 0 Å². The van der Waals surface area contributed by atoms with E-state index in [4.69, 9.17) is 9.47 Å². The van der Waals surface area contributed by atoms with Gasteiger partial charge in [0, 0.05) is 27.5 Å². The molecule has 0 saturated carbocycles. The number of hydrogen-bond donors (Lipinski definition) is 3. The number of carbonyl (C=O) groups is 2. The smallest absolute Gasteiger partial charge is 0.319 e. The van der Waals surface area contributed by atoms with Crippen LogP contribution in [0.3, 0.4) is 0 Å². The van der Waals surface area contributed by atoms with Crippen molar-refractivity contribution in [3.63, 3.8) is 0 Å². The van der Waals surface area contributed by atoms with Crippen molar-refractivity contribution in [2.24, 2.45) is 0 Å². The number of ether oxygens (including phenoxy) is 2. The number of carbonyl (C=O) groups excluding carboxylic acids is 2.